The van der Waals surface area contributed by atoms with Gasteiger partial charge in [0.15, 0.2) is 0 Å². The summed E-state index contributed by atoms with van der Waals surface area (Å²) < 4.78 is 0. The second kappa shape index (κ2) is 5.50. The summed E-state index contributed by atoms with van der Waals surface area (Å²) in [4.78, 5) is 4.07. The first-order chi connectivity index (χ1) is 7.90. The van der Waals surface area contributed by atoms with E-state index in [-0.39, 0.29) is 0 Å². The zero-order valence-electron chi connectivity index (χ0n) is 9.45. The quantitative estimate of drug-likeness (QED) is 0.771. The lowest BCUT2D eigenvalue weighted by molar-refractivity contribution is 0.619. The van der Waals surface area contributed by atoms with Crippen molar-refractivity contribution in [2.75, 3.05) is 5.32 Å². The van der Waals surface area contributed by atoms with Gasteiger partial charge in [-0.15, -0.1) is 0 Å². The van der Waals surface area contributed by atoms with Crippen molar-refractivity contribution in [1.29, 1.82) is 5.26 Å². The monoisotopic (exact) mass is 215 g/mol. The summed E-state index contributed by atoms with van der Waals surface area (Å²) in [7, 11) is 0. The molecule has 1 heterocycles. The summed E-state index contributed by atoms with van der Waals surface area (Å²) in [6.45, 7) is 0. The first-order valence-corrected chi connectivity index (χ1v) is 6.01. The smallest absolute Gasteiger partial charge is 0.101 e. The molecule has 1 aliphatic carbocycles. The molecule has 0 amide bonds. The van der Waals surface area contributed by atoms with Crippen molar-refractivity contribution in [3.05, 3.63) is 24.0 Å². The van der Waals surface area contributed by atoms with E-state index in [0.717, 1.165) is 5.69 Å². The second-order valence-corrected chi connectivity index (χ2v) is 4.37. The zero-order chi connectivity index (χ0) is 11.2. The van der Waals surface area contributed by atoms with Gasteiger partial charge in [0.1, 0.15) is 6.07 Å². The summed E-state index contributed by atoms with van der Waals surface area (Å²) in [6, 6.07) is 4.47. The van der Waals surface area contributed by atoms with Gasteiger partial charge >= 0.3 is 0 Å². The second-order valence-electron chi connectivity index (χ2n) is 4.37. The van der Waals surface area contributed by atoms with Gasteiger partial charge in [0.05, 0.1) is 17.4 Å². The minimum Gasteiger partial charge on any atom is -0.380 e. The normalized spacial score (nSPS) is 17.4. The van der Waals surface area contributed by atoms with E-state index in [1.54, 1.807) is 18.5 Å². The summed E-state index contributed by atoms with van der Waals surface area (Å²) in [6.07, 6.45) is 11.1. The highest BCUT2D eigenvalue weighted by Crippen LogP contribution is 2.22. The van der Waals surface area contributed by atoms with Crippen molar-refractivity contribution in [1.82, 2.24) is 4.98 Å². The van der Waals surface area contributed by atoms with Crippen LogP contribution in [0.2, 0.25) is 0 Å². The summed E-state index contributed by atoms with van der Waals surface area (Å²) in [5.41, 5.74) is 1.58. The fourth-order valence-electron chi connectivity index (χ4n) is 2.25. The zero-order valence-corrected chi connectivity index (χ0v) is 9.45. The standard InChI is InChI=1S/C13H17N3/c14-9-11-7-8-15-10-13(11)16-12-5-3-1-2-4-6-12/h7-8,10,12,16H,1-6H2. The lowest BCUT2D eigenvalue weighted by Gasteiger charge is -2.17. The molecule has 3 nitrogen and oxygen atoms in total. The Bertz CT molecular complexity index is 373. The van der Waals surface area contributed by atoms with E-state index in [0.29, 0.717) is 11.6 Å². The molecule has 0 aliphatic heterocycles. The van der Waals surface area contributed by atoms with E-state index in [4.69, 9.17) is 5.26 Å². The van der Waals surface area contributed by atoms with Crippen LogP contribution in [0, 0.1) is 11.3 Å². The Hall–Kier alpha value is -1.56. The summed E-state index contributed by atoms with van der Waals surface area (Å²) >= 11 is 0. The van der Waals surface area contributed by atoms with Crippen molar-refractivity contribution in [2.24, 2.45) is 0 Å². The highest BCUT2D eigenvalue weighted by atomic mass is 14.9. The predicted octanol–water partition coefficient (Wildman–Crippen LogP) is 3.09. The third-order valence-electron chi connectivity index (χ3n) is 3.16. The van der Waals surface area contributed by atoms with Crippen LogP contribution in [0.1, 0.15) is 44.1 Å². The molecule has 1 saturated carbocycles. The van der Waals surface area contributed by atoms with Crippen LogP contribution in [0.25, 0.3) is 0 Å². The summed E-state index contributed by atoms with van der Waals surface area (Å²) in [5, 5.41) is 12.4. The first kappa shape index (κ1) is 10.9. The van der Waals surface area contributed by atoms with E-state index < -0.39 is 0 Å². The molecule has 16 heavy (non-hydrogen) atoms. The van der Waals surface area contributed by atoms with Crippen LogP contribution in [-0.4, -0.2) is 11.0 Å². The van der Waals surface area contributed by atoms with Crippen LogP contribution in [-0.2, 0) is 0 Å². The third kappa shape index (κ3) is 2.73. The number of nitrogens with one attached hydrogen (secondary N) is 1. The van der Waals surface area contributed by atoms with Gasteiger partial charge < -0.3 is 5.32 Å². The molecule has 1 aromatic heterocycles. The van der Waals surface area contributed by atoms with E-state index in [1.165, 1.54) is 38.5 Å². The topological polar surface area (TPSA) is 48.7 Å². The number of hydrogen-bond acceptors (Lipinski definition) is 3. The molecule has 0 radical (unpaired) electrons. The Morgan fingerprint density at radius 2 is 2.00 bits per heavy atom. The van der Waals surface area contributed by atoms with Gasteiger partial charge in [0.25, 0.3) is 0 Å². The Morgan fingerprint density at radius 3 is 2.69 bits per heavy atom. The Labute approximate surface area is 96.5 Å². The highest BCUT2D eigenvalue weighted by Gasteiger charge is 2.13. The fraction of sp³-hybridized carbons (Fsp3) is 0.538. The average Bonchev–Trinajstić information content (AvgIpc) is 2.58. The average molecular weight is 215 g/mol. The van der Waals surface area contributed by atoms with Gasteiger partial charge in [-0.1, -0.05) is 25.7 Å². The van der Waals surface area contributed by atoms with Crippen LogP contribution < -0.4 is 5.32 Å². The van der Waals surface area contributed by atoms with Crippen molar-refractivity contribution in [2.45, 2.75) is 44.6 Å². The van der Waals surface area contributed by atoms with Crippen molar-refractivity contribution in [3.8, 4) is 6.07 Å². The number of nitrogens with zero attached hydrogens (tertiary/aromatic N) is 2. The SMILES string of the molecule is N#Cc1ccncc1NC1CCCCCC1. The molecule has 1 aliphatic rings. The molecular formula is C13H17N3. The van der Waals surface area contributed by atoms with Crippen LogP contribution in [0.15, 0.2) is 18.5 Å². The first-order valence-electron chi connectivity index (χ1n) is 6.01. The maximum absolute atomic E-state index is 8.99. The van der Waals surface area contributed by atoms with Gasteiger partial charge in [-0.3, -0.25) is 4.98 Å². The highest BCUT2D eigenvalue weighted by molar-refractivity contribution is 5.55. The van der Waals surface area contributed by atoms with E-state index in [1.807, 2.05) is 0 Å². The molecular weight excluding hydrogens is 198 g/mol. The molecule has 0 unspecified atom stereocenters. The van der Waals surface area contributed by atoms with Gasteiger partial charge in [-0.2, -0.15) is 5.26 Å². The molecule has 1 fully saturated rings. The van der Waals surface area contributed by atoms with Gasteiger partial charge in [-0.25, -0.2) is 0 Å². The van der Waals surface area contributed by atoms with Gasteiger partial charge in [0.2, 0.25) is 0 Å². The van der Waals surface area contributed by atoms with E-state index in [2.05, 4.69) is 16.4 Å². The number of aromatic nitrogens is 1. The van der Waals surface area contributed by atoms with Crippen LogP contribution in [0.5, 0.6) is 0 Å². The maximum Gasteiger partial charge on any atom is 0.101 e. The van der Waals surface area contributed by atoms with Crippen LogP contribution >= 0.6 is 0 Å². The fourth-order valence-corrected chi connectivity index (χ4v) is 2.25. The molecule has 0 aromatic carbocycles. The Kier molecular flexibility index (Phi) is 3.76. The number of rotatable bonds is 2. The molecule has 0 atom stereocenters. The Balaban J connectivity index is 2.05. The van der Waals surface area contributed by atoms with E-state index in [9.17, 15) is 0 Å². The Morgan fingerprint density at radius 1 is 1.25 bits per heavy atom. The van der Waals surface area contributed by atoms with Crippen molar-refractivity contribution < 1.29 is 0 Å². The number of anilines is 1. The van der Waals surface area contributed by atoms with E-state index >= 15 is 0 Å². The third-order valence-corrected chi connectivity index (χ3v) is 3.16. The predicted molar refractivity (Wildman–Crippen MR) is 64.1 cm³/mol. The van der Waals surface area contributed by atoms with Gasteiger partial charge in [0, 0.05) is 12.2 Å². The van der Waals surface area contributed by atoms with Crippen molar-refractivity contribution >= 4 is 5.69 Å². The maximum atomic E-state index is 8.99. The van der Waals surface area contributed by atoms with Crippen molar-refractivity contribution in [3.63, 3.8) is 0 Å². The number of pyridine rings is 1. The largest absolute Gasteiger partial charge is 0.380 e. The molecule has 1 N–H and O–H groups in total. The lowest BCUT2D eigenvalue weighted by atomic mass is 10.1. The van der Waals surface area contributed by atoms with Crippen LogP contribution in [0.3, 0.4) is 0 Å². The molecule has 0 saturated heterocycles. The number of nitriles is 1. The lowest BCUT2D eigenvalue weighted by Crippen LogP contribution is -2.19. The number of hydrogen-bond donors (Lipinski definition) is 1. The minimum atomic E-state index is 0.513. The van der Waals surface area contributed by atoms with Crippen LogP contribution in [0.4, 0.5) is 5.69 Å². The minimum absolute atomic E-state index is 0.513. The molecule has 0 spiro atoms. The summed E-state index contributed by atoms with van der Waals surface area (Å²) in [5.74, 6) is 0. The molecule has 3 heteroatoms. The molecule has 2 rings (SSSR count). The van der Waals surface area contributed by atoms with Gasteiger partial charge in [-0.05, 0) is 18.9 Å². The molecule has 1 aromatic rings. The molecule has 0 bridgehead atoms. The molecule has 84 valence electrons.